The number of hydrogen-bond acceptors (Lipinski definition) is 5. The second-order valence-corrected chi connectivity index (χ2v) is 5.46. The molecule has 2 aromatic rings. The maximum atomic E-state index is 12.4. The van der Waals surface area contributed by atoms with Gasteiger partial charge < -0.3 is 15.2 Å². The van der Waals surface area contributed by atoms with Gasteiger partial charge in [-0.25, -0.2) is 4.98 Å². The number of thiazole rings is 1. The lowest BCUT2D eigenvalue weighted by Crippen LogP contribution is -2.28. The minimum Gasteiger partial charge on any atom is -0.497 e. The largest absolute Gasteiger partial charge is 0.497 e. The predicted octanol–water partition coefficient (Wildman–Crippen LogP) is 2.52. The van der Waals surface area contributed by atoms with Gasteiger partial charge in [0.05, 0.1) is 13.7 Å². The number of aliphatic hydroxyl groups is 1. The highest BCUT2D eigenvalue weighted by atomic mass is 32.1. The van der Waals surface area contributed by atoms with Crippen LogP contribution in [0.3, 0.4) is 0 Å². The average molecular weight is 346 g/mol. The SMILES string of the molecule is COc1cccc(C(O)C(=O)NCc2nc(C(F)(F)F)cs2)c1. The van der Waals surface area contributed by atoms with Gasteiger partial charge in [-0.2, -0.15) is 13.2 Å². The molecule has 0 aliphatic carbocycles. The molecule has 23 heavy (non-hydrogen) atoms. The van der Waals surface area contributed by atoms with E-state index in [9.17, 15) is 23.1 Å². The molecule has 2 rings (SSSR count). The predicted molar refractivity (Wildman–Crippen MR) is 76.9 cm³/mol. The van der Waals surface area contributed by atoms with Gasteiger partial charge in [0.1, 0.15) is 10.8 Å². The van der Waals surface area contributed by atoms with Crippen molar-refractivity contribution in [3.63, 3.8) is 0 Å². The zero-order valence-electron chi connectivity index (χ0n) is 11.9. The summed E-state index contributed by atoms with van der Waals surface area (Å²) in [6.45, 7) is -0.194. The first kappa shape index (κ1) is 17.2. The topological polar surface area (TPSA) is 71.5 Å². The Hall–Kier alpha value is -2.13. The fourth-order valence-electron chi connectivity index (χ4n) is 1.74. The van der Waals surface area contributed by atoms with Crippen LogP contribution in [-0.4, -0.2) is 23.1 Å². The number of aromatic nitrogens is 1. The Bertz CT molecular complexity index is 688. The van der Waals surface area contributed by atoms with Gasteiger partial charge in [-0.3, -0.25) is 4.79 Å². The summed E-state index contributed by atoms with van der Waals surface area (Å²) < 4.78 is 42.3. The number of methoxy groups -OCH3 is 1. The van der Waals surface area contributed by atoms with E-state index in [2.05, 4.69) is 10.3 Å². The number of nitrogens with one attached hydrogen (secondary N) is 1. The van der Waals surface area contributed by atoms with Gasteiger partial charge >= 0.3 is 6.18 Å². The molecular weight excluding hydrogens is 333 g/mol. The number of alkyl halides is 3. The maximum Gasteiger partial charge on any atom is 0.434 e. The van der Waals surface area contributed by atoms with E-state index in [-0.39, 0.29) is 11.6 Å². The Balaban J connectivity index is 1.97. The van der Waals surface area contributed by atoms with E-state index in [1.807, 2.05) is 0 Å². The van der Waals surface area contributed by atoms with E-state index in [4.69, 9.17) is 4.74 Å². The number of ether oxygens (including phenoxy) is 1. The molecule has 5 nitrogen and oxygen atoms in total. The molecule has 1 amide bonds. The smallest absolute Gasteiger partial charge is 0.434 e. The third-order valence-electron chi connectivity index (χ3n) is 2.91. The van der Waals surface area contributed by atoms with Gasteiger partial charge in [0.25, 0.3) is 5.91 Å². The number of hydrogen-bond donors (Lipinski definition) is 2. The fraction of sp³-hybridized carbons (Fsp3) is 0.286. The summed E-state index contributed by atoms with van der Waals surface area (Å²) in [5.41, 5.74) is -0.683. The van der Waals surface area contributed by atoms with E-state index in [1.54, 1.807) is 12.1 Å². The first-order valence-corrected chi connectivity index (χ1v) is 7.30. The van der Waals surface area contributed by atoms with Gasteiger partial charge in [0.2, 0.25) is 0 Å². The third-order valence-corrected chi connectivity index (χ3v) is 3.76. The molecule has 1 aromatic heterocycles. The summed E-state index contributed by atoms with van der Waals surface area (Å²) in [6, 6.07) is 6.30. The molecule has 0 aliphatic rings. The number of nitrogens with zero attached hydrogens (tertiary/aromatic N) is 1. The second kappa shape index (κ2) is 6.97. The van der Waals surface area contributed by atoms with Crippen molar-refractivity contribution >= 4 is 17.2 Å². The first-order valence-electron chi connectivity index (χ1n) is 6.42. The minimum absolute atomic E-state index is 0.100. The van der Waals surface area contributed by atoms with Crippen LogP contribution in [0.5, 0.6) is 5.75 Å². The molecule has 1 heterocycles. The summed E-state index contributed by atoms with van der Waals surface area (Å²) in [5, 5.41) is 13.3. The summed E-state index contributed by atoms with van der Waals surface area (Å²) in [5.74, 6) is -0.258. The molecule has 0 aliphatic heterocycles. The molecule has 0 saturated carbocycles. The maximum absolute atomic E-state index is 12.4. The minimum atomic E-state index is -4.52. The molecule has 0 fully saturated rings. The van der Waals surface area contributed by atoms with Crippen LogP contribution in [0.1, 0.15) is 22.4 Å². The molecule has 0 bridgehead atoms. The molecule has 0 spiro atoms. The highest BCUT2D eigenvalue weighted by Gasteiger charge is 2.33. The lowest BCUT2D eigenvalue weighted by atomic mass is 10.1. The Morgan fingerprint density at radius 3 is 2.83 bits per heavy atom. The summed E-state index contributed by atoms with van der Waals surface area (Å²) in [4.78, 5) is 15.3. The molecule has 0 radical (unpaired) electrons. The standard InChI is InChI=1S/C14H13F3N2O3S/c1-22-9-4-2-3-8(5-9)12(20)13(21)18-6-11-19-10(7-23-11)14(15,16)17/h2-5,7,12,20H,6H2,1H3,(H,18,21). The van der Waals surface area contributed by atoms with Crippen molar-refractivity contribution in [3.05, 3.63) is 45.9 Å². The molecular formula is C14H13F3N2O3S. The van der Waals surface area contributed by atoms with Crippen molar-refractivity contribution in [2.24, 2.45) is 0 Å². The van der Waals surface area contributed by atoms with Crippen LogP contribution >= 0.6 is 11.3 Å². The quantitative estimate of drug-likeness (QED) is 0.873. The molecule has 124 valence electrons. The molecule has 2 N–H and O–H groups in total. The summed E-state index contributed by atoms with van der Waals surface area (Å²) in [7, 11) is 1.45. The van der Waals surface area contributed by atoms with Crippen LogP contribution < -0.4 is 10.1 Å². The van der Waals surface area contributed by atoms with Crippen LogP contribution in [-0.2, 0) is 17.5 Å². The molecule has 1 atom stereocenters. The first-order chi connectivity index (χ1) is 10.8. The lowest BCUT2D eigenvalue weighted by molar-refractivity contribution is -0.140. The Labute approximate surface area is 133 Å². The van der Waals surface area contributed by atoms with Crippen LogP contribution in [0.2, 0.25) is 0 Å². The molecule has 1 aromatic carbocycles. The number of benzene rings is 1. The molecule has 0 saturated heterocycles. The highest BCUT2D eigenvalue weighted by molar-refractivity contribution is 7.09. The van der Waals surface area contributed by atoms with Crippen molar-refractivity contribution in [2.45, 2.75) is 18.8 Å². The zero-order valence-corrected chi connectivity index (χ0v) is 12.7. The average Bonchev–Trinajstić information content (AvgIpc) is 3.01. The Morgan fingerprint density at radius 2 is 2.22 bits per heavy atom. The van der Waals surface area contributed by atoms with Crippen LogP contribution in [0.4, 0.5) is 13.2 Å². The van der Waals surface area contributed by atoms with Crippen molar-refractivity contribution in [1.29, 1.82) is 0 Å². The van der Waals surface area contributed by atoms with Gasteiger partial charge in [-0.05, 0) is 17.7 Å². The Kier molecular flexibility index (Phi) is 5.22. The van der Waals surface area contributed by atoms with E-state index >= 15 is 0 Å². The van der Waals surface area contributed by atoms with Gasteiger partial charge in [-0.15, -0.1) is 11.3 Å². The number of carbonyl (C=O) groups excluding carboxylic acids is 1. The number of rotatable bonds is 5. The number of halogens is 3. The monoisotopic (exact) mass is 346 g/mol. The van der Waals surface area contributed by atoms with Crippen molar-refractivity contribution in [1.82, 2.24) is 10.3 Å². The van der Waals surface area contributed by atoms with Gasteiger partial charge in [0.15, 0.2) is 11.8 Å². The normalized spacial score (nSPS) is 12.7. The zero-order chi connectivity index (χ0) is 17.0. The molecule has 9 heteroatoms. The van der Waals surface area contributed by atoms with Crippen molar-refractivity contribution < 1.29 is 27.8 Å². The number of aliphatic hydroxyl groups excluding tert-OH is 1. The molecule has 1 unspecified atom stereocenters. The number of amides is 1. The van der Waals surface area contributed by atoms with Crippen LogP contribution in [0, 0.1) is 0 Å². The second-order valence-electron chi connectivity index (χ2n) is 4.52. The van der Waals surface area contributed by atoms with Gasteiger partial charge in [0, 0.05) is 5.38 Å². The summed E-state index contributed by atoms with van der Waals surface area (Å²) >= 11 is 0.785. The highest BCUT2D eigenvalue weighted by Crippen LogP contribution is 2.30. The number of carbonyl (C=O) groups is 1. The van der Waals surface area contributed by atoms with Crippen molar-refractivity contribution in [3.8, 4) is 5.75 Å². The Morgan fingerprint density at radius 1 is 1.48 bits per heavy atom. The summed E-state index contributed by atoms with van der Waals surface area (Å²) in [6.07, 6.45) is -5.97. The van der Waals surface area contributed by atoms with E-state index in [1.165, 1.54) is 19.2 Å². The third kappa shape index (κ3) is 4.42. The van der Waals surface area contributed by atoms with E-state index in [0.29, 0.717) is 11.3 Å². The van der Waals surface area contributed by atoms with Crippen LogP contribution in [0.15, 0.2) is 29.6 Å². The van der Waals surface area contributed by atoms with Crippen LogP contribution in [0.25, 0.3) is 0 Å². The van der Waals surface area contributed by atoms with Crippen molar-refractivity contribution in [2.75, 3.05) is 7.11 Å². The lowest BCUT2D eigenvalue weighted by Gasteiger charge is -2.12. The van der Waals surface area contributed by atoms with E-state index in [0.717, 1.165) is 16.7 Å². The van der Waals surface area contributed by atoms with Gasteiger partial charge in [-0.1, -0.05) is 12.1 Å². The van der Waals surface area contributed by atoms with E-state index < -0.39 is 23.9 Å². The fourth-order valence-corrected chi connectivity index (χ4v) is 2.49.